The Labute approximate surface area is 116 Å². The summed E-state index contributed by atoms with van der Waals surface area (Å²) >= 11 is 0. The van der Waals surface area contributed by atoms with E-state index in [2.05, 4.69) is 37.4 Å². The fourth-order valence-electron chi connectivity index (χ4n) is 1.58. The highest BCUT2D eigenvalue weighted by atomic mass is 16.5. The van der Waals surface area contributed by atoms with Crippen LogP contribution in [-0.2, 0) is 14.2 Å². The van der Waals surface area contributed by atoms with Crippen LogP contribution in [-0.4, -0.2) is 46.7 Å². The lowest BCUT2D eigenvalue weighted by Gasteiger charge is -2.09. The number of methoxy groups -OCH3 is 1. The molecule has 0 bridgehead atoms. The summed E-state index contributed by atoms with van der Waals surface area (Å²) in [6.45, 7) is 8.22. The van der Waals surface area contributed by atoms with Gasteiger partial charge in [0.15, 0.2) is 0 Å². The molecule has 0 radical (unpaired) electrons. The van der Waals surface area contributed by atoms with Crippen molar-refractivity contribution in [3.63, 3.8) is 0 Å². The highest BCUT2D eigenvalue weighted by Gasteiger charge is 1.96. The van der Waals surface area contributed by atoms with Gasteiger partial charge in [0.25, 0.3) is 0 Å². The maximum atomic E-state index is 5.46. The molecule has 1 aromatic rings. The molecule has 1 rings (SSSR count). The van der Waals surface area contributed by atoms with E-state index in [1.807, 2.05) is 0 Å². The van der Waals surface area contributed by atoms with Gasteiger partial charge >= 0.3 is 0 Å². The topological polar surface area (TPSA) is 39.7 Å². The lowest BCUT2D eigenvalue weighted by molar-refractivity contribution is 0.0272. The first-order chi connectivity index (χ1) is 9.24. The summed E-state index contributed by atoms with van der Waals surface area (Å²) in [4.78, 5) is 0. The third-order valence-corrected chi connectivity index (χ3v) is 2.89. The van der Waals surface area contributed by atoms with Crippen LogP contribution in [0.3, 0.4) is 0 Å². The first-order valence-corrected chi connectivity index (χ1v) is 6.69. The zero-order chi connectivity index (χ0) is 13.9. The van der Waals surface area contributed by atoms with Crippen LogP contribution in [0.4, 0.5) is 5.69 Å². The van der Waals surface area contributed by atoms with Gasteiger partial charge in [-0.3, -0.25) is 0 Å². The highest BCUT2D eigenvalue weighted by Crippen LogP contribution is 2.13. The Hall–Kier alpha value is -1.10. The molecule has 0 aliphatic carbocycles. The second kappa shape index (κ2) is 9.78. The molecule has 0 atom stereocenters. The van der Waals surface area contributed by atoms with Crippen LogP contribution in [0.25, 0.3) is 0 Å². The molecule has 19 heavy (non-hydrogen) atoms. The third kappa shape index (κ3) is 7.15. The smallest absolute Gasteiger partial charge is 0.0701 e. The normalized spacial score (nSPS) is 10.7. The number of nitrogens with one attached hydrogen (secondary N) is 1. The Kier molecular flexibility index (Phi) is 8.21. The van der Waals surface area contributed by atoms with Crippen molar-refractivity contribution in [2.75, 3.05) is 52.0 Å². The minimum Gasteiger partial charge on any atom is -0.383 e. The maximum absolute atomic E-state index is 5.46. The Morgan fingerprint density at radius 2 is 1.58 bits per heavy atom. The third-order valence-electron chi connectivity index (χ3n) is 2.89. The van der Waals surface area contributed by atoms with Crippen LogP contribution >= 0.6 is 0 Å². The van der Waals surface area contributed by atoms with E-state index in [0.717, 1.165) is 12.2 Å². The van der Waals surface area contributed by atoms with Crippen molar-refractivity contribution in [3.05, 3.63) is 29.3 Å². The van der Waals surface area contributed by atoms with E-state index in [-0.39, 0.29) is 0 Å². The summed E-state index contributed by atoms with van der Waals surface area (Å²) in [7, 11) is 1.66. The van der Waals surface area contributed by atoms with Gasteiger partial charge in [-0.1, -0.05) is 6.07 Å². The Morgan fingerprint density at radius 1 is 0.895 bits per heavy atom. The van der Waals surface area contributed by atoms with Gasteiger partial charge in [-0.15, -0.1) is 0 Å². The second-order valence-electron chi connectivity index (χ2n) is 4.44. The SMILES string of the molecule is COCCOCCOCCNc1ccc(C)c(C)c1. The summed E-state index contributed by atoms with van der Waals surface area (Å²) in [5.41, 5.74) is 3.76. The molecule has 108 valence electrons. The maximum Gasteiger partial charge on any atom is 0.0701 e. The number of rotatable bonds is 10. The zero-order valence-electron chi connectivity index (χ0n) is 12.2. The quantitative estimate of drug-likeness (QED) is 0.661. The van der Waals surface area contributed by atoms with Gasteiger partial charge < -0.3 is 19.5 Å². The molecule has 0 spiro atoms. The number of aryl methyl sites for hydroxylation is 2. The van der Waals surface area contributed by atoms with Gasteiger partial charge in [-0.25, -0.2) is 0 Å². The molecule has 1 N–H and O–H groups in total. The van der Waals surface area contributed by atoms with Crippen molar-refractivity contribution >= 4 is 5.69 Å². The summed E-state index contributed by atoms with van der Waals surface area (Å²) in [6.07, 6.45) is 0. The first-order valence-electron chi connectivity index (χ1n) is 6.69. The van der Waals surface area contributed by atoms with E-state index in [0.29, 0.717) is 33.0 Å². The lowest BCUT2D eigenvalue weighted by atomic mass is 10.1. The van der Waals surface area contributed by atoms with Crippen molar-refractivity contribution in [3.8, 4) is 0 Å². The minimum atomic E-state index is 0.618. The monoisotopic (exact) mass is 267 g/mol. The van der Waals surface area contributed by atoms with E-state index >= 15 is 0 Å². The summed E-state index contributed by atoms with van der Waals surface area (Å²) < 4.78 is 15.6. The number of hydrogen-bond donors (Lipinski definition) is 1. The number of anilines is 1. The summed E-state index contributed by atoms with van der Waals surface area (Å²) in [6, 6.07) is 6.38. The first kappa shape index (κ1) is 16.0. The lowest BCUT2D eigenvalue weighted by Crippen LogP contribution is -2.13. The Bertz CT molecular complexity index is 355. The van der Waals surface area contributed by atoms with Crippen molar-refractivity contribution in [1.82, 2.24) is 0 Å². The number of hydrogen-bond acceptors (Lipinski definition) is 4. The van der Waals surface area contributed by atoms with Gasteiger partial charge in [-0.05, 0) is 37.1 Å². The van der Waals surface area contributed by atoms with Crippen LogP contribution < -0.4 is 5.32 Å². The van der Waals surface area contributed by atoms with Crippen molar-refractivity contribution in [1.29, 1.82) is 0 Å². The van der Waals surface area contributed by atoms with Crippen LogP contribution in [0.2, 0.25) is 0 Å². The molecule has 0 saturated carbocycles. The summed E-state index contributed by atoms with van der Waals surface area (Å²) in [5.74, 6) is 0. The molecule has 0 unspecified atom stereocenters. The minimum absolute atomic E-state index is 0.618. The summed E-state index contributed by atoms with van der Waals surface area (Å²) in [5, 5.41) is 3.34. The molecule has 4 nitrogen and oxygen atoms in total. The Morgan fingerprint density at radius 3 is 2.26 bits per heavy atom. The van der Waals surface area contributed by atoms with Crippen LogP contribution in [0.5, 0.6) is 0 Å². The average Bonchev–Trinajstić information content (AvgIpc) is 2.41. The van der Waals surface area contributed by atoms with E-state index in [1.165, 1.54) is 11.1 Å². The second-order valence-corrected chi connectivity index (χ2v) is 4.44. The molecule has 0 aromatic heterocycles. The largest absolute Gasteiger partial charge is 0.383 e. The zero-order valence-corrected chi connectivity index (χ0v) is 12.2. The molecule has 0 aliphatic heterocycles. The molecule has 0 amide bonds. The van der Waals surface area contributed by atoms with E-state index < -0.39 is 0 Å². The molecule has 0 heterocycles. The van der Waals surface area contributed by atoms with Gasteiger partial charge in [0.1, 0.15) is 0 Å². The van der Waals surface area contributed by atoms with E-state index in [1.54, 1.807) is 7.11 Å². The van der Waals surface area contributed by atoms with Gasteiger partial charge in [0.2, 0.25) is 0 Å². The van der Waals surface area contributed by atoms with Crippen LogP contribution in [0.15, 0.2) is 18.2 Å². The molecule has 0 aliphatic rings. The van der Waals surface area contributed by atoms with E-state index in [9.17, 15) is 0 Å². The van der Waals surface area contributed by atoms with Gasteiger partial charge in [0, 0.05) is 19.3 Å². The number of ether oxygens (including phenoxy) is 3. The van der Waals surface area contributed by atoms with Crippen LogP contribution in [0, 0.1) is 13.8 Å². The fraction of sp³-hybridized carbons (Fsp3) is 0.600. The van der Waals surface area contributed by atoms with Gasteiger partial charge in [-0.2, -0.15) is 0 Å². The van der Waals surface area contributed by atoms with Crippen molar-refractivity contribution in [2.45, 2.75) is 13.8 Å². The van der Waals surface area contributed by atoms with Gasteiger partial charge in [0.05, 0.1) is 33.0 Å². The molecular weight excluding hydrogens is 242 g/mol. The molecule has 1 aromatic carbocycles. The van der Waals surface area contributed by atoms with Crippen LogP contribution in [0.1, 0.15) is 11.1 Å². The molecule has 0 fully saturated rings. The Balaban J connectivity index is 2.00. The predicted molar refractivity (Wildman–Crippen MR) is 77.9 cm³/mol. The average molecular weight is 267 g/mol. The van der Waals surface area contributed by atoms with Crippen molar-refractivity contribution in [2.24, 2.45) is 0 Å². The fourth-order valence-corrected chi connectivity index (χ4v) is 1.58. The molecule has 0 saturated heterocycles. The number of benzene rings is 1. The van der Waals surface area contributed by atoms with Crippen molar-refractivity contribution < 1.29 is 14.2 Å². The molecule has 4 heteroatoms. The van der Waals surface area contributed by atoms with E-state index in [4.69, 9.17) is 14.2 Å². The predicted octanol–water partition coefficient (Wildman–Crippen LogP) is 2.39. The standard InChI is InChI=1S/C15H25NO3/c1-13-4-5-15(12-14(13)2)16-6-7-18-10-11-19-9-8-17-3/h4-5,12,16H,6-11H2,1-3H3. The molecular formula is C15H25NO3. The highest BCUT2D eigenvalue weighted by molar-refractivity contribution is 5.47.